The van der Waals surface area contributed by atoms with Gasteiger partial charge >= 0.3 is 5.76 Å². The molecule has 1 saturated heterocycles. The first-order valence-electron chi connectivity index (χ1n) is 8.12. The Hall–Kier alpha value is -3.16. The van der Waals surface area contributed by atoms with E-state index in [0.717, 1.165) is 17.8 Å². The number of aromatic amines is 1. The van der Waals surface area contributed by atoms with E-state index in [1.807, 2.05) is 42.6 Å². The molecule has 1 unspecified atom stereocenters. The molecule has 0 radical (unpaired) electrons. The van der Waals surface area contributed by atoms with Gasteiger partial charge in [0.25, 0.3) is 0 Å². The minimum atomic E-state index is -0.564. The number of hydrogen-bond acceptors (Lipinski definition) is 5. The van der Waals surface area contributed by atoms with Crippen LogP contribution in [0.1, 0.15) is 23.9 Å². The highest BCUT2D eigenvalue weighted by Gasteiger charge is 2.30. The molecule has 1 aliphatic rings. The van der Waals surface area contributed by atoms with Crippen molar-refractivity contribution in [3.63, 3.8) is 0 Å². The third-order valence-corrected chi connectivity index (χ3v) is 4.38. The molecule has 1 atom stereocenters. The summed E-state index contributed by atoms with van der Waals surface area (Å²) in [6.07, 6.45) is 2.86. The highest BCUT2D eigenvalue weighted by molar-refractivity contribution is 5.78. The fourth-order valence-corrected chi connectivity index (χ4v) is 3.07. The largest absolute Gasteiger partial charge is 0.438 e. The number of rotatable bonds is 4. The van der Waals surface area contributed by atoms with Crippen molar-refractivity contribution < 1.29 is 9.32 Å². The number of nitrogens with one attached hydrogen (secondary N) is 1. The summed E-state index contributed by atoms with van der Waals surface area (Å²) in [6, 6.07) is 11.6. The first-order chi connectivity index (χ1) is 12.2. The van der Waals surface area contributed by atoms with Crippen LogP contribution in [0, 0.1) is 0 Å². The normalized spacial score (nSPS) is 17.1. The number of nitrogens with zero attached hydrogens (tertiary/aromatic N) is 4. The molecule has 0 aliphatic carbocycles. The average Bonchev–Trinajstić information content (AvgIpc) is 3.35. The Morgan fingerprint density at radius 3 is 2.88 bits per heavy atom. The number of carbonyl (C=O) groups excluding carboxylic acids is 1. The zero-order valence-electron chi connectivity index (χ0n) is 13.5. The standard InChI is InChI=1S/C17H17N5O3/c23-15(21-8-6-12(11-21)16-18-17(24)25-20-16)10-13-7-9-22(19-13)14-4-2-1-3-5-14/h1-5,7,9,12H,6,8,10-11H2,(H,18,20,24). The van der Waals surface area contributed by atoms with Crippen LogP contribution in [-0.4, -0.2) is 43.8 Å². The summed E-state index contributed by atoms with van der Waals surface area (Å²) in [5.41, 5.74) is 1.68. The highest BCUT2D eigenvalue weighted by atomic mass is 16.5. The van der Waals surface area contributed by atoms with Crippen LogP contribution >= 0.6 is 0 Å². The molecule has 0 saturated carbocycles. The van der Waals surface area contributed by atoms with Crippen molar-refractivity contribution in [3.05, 3.63) is 64.7 Å². The van der Waals surface area contributed by atoms with Gasteiger partial charge in [0.15, 0.2) is 5.82 Å². The minimum Gasteiger partial charge on any atom is -0.342 e. The molecule has 1 N–H and O–H groups in total. The van der Waals surface area contributed by atoms with Crippen molar-refractivity contribution in [3.8, 4) is 5.69 Å². The zero-order valence-corrected chi connectivity index (χ0v) is 13.5. The van der Waals surface area contributed by atoms with Crippen LogP contribution in [0.5, 0.6) is 0 Å². The van der Waals surface area contributed by atoms with Crippen molar-refractivity contribution in [2.45, 2.75) is 18.8 Å². The van der Waals surface area contributed by atoms with Crippen molar-refractivity contribution in [2.24, 2.45) is 0 Å². The first-order valence-corrected chi connectivity index (χ1v) is 8.12. The Morgan fingerprint density at radius 2 is 2.12 bits per heavy atom. The van der Waals surface area contributed by atoms with Gasteiger partial charge in [-0.15, -0.1) is 0 Å². The van der Waals surface area contributed by atoms with Gasteiger partial charge in [-0.05, 0) is 24.6 Å². The monoisotopic (exact) mass is 339 g/mol. The molecule has 4 rings (SSSR count). The quantitative estimate of drug-likeness (QED) is 0.768. The number of hydrogen-bond donors (Lipinski definition) is 1. The van der Waals surface area contributed by atoms with Crippen LogP contribution in [0.25, 0.3) is 5.69 Å². The number of para-hydroxylation sites is 1. The number of benzene rings is 1. The second kappa shape index (κ2) is 6.39. The van der Waals surface area contributed by atoms with Gasteiger partial charge in [0.05, 0.1) is 17.8 Å². The number of carbonyl (C=O) groups is 1. The Bertz CT molecular complexity index is 927. The molecule has 3 aromatic rings. The van der Waals surface area contributed by atoms with E-state index in [-0.39, 0.29) is 18.2 Å². The Morgan fingerprint density at radius 1 is 1.28 bits per heavy atom. The van der Waals surface area contributed by atoms with Gasteiger partial charge in [-0.1, -0.05) is 23.4 Å². The number of amides is 1. The van der Waals surface area contributed by atoms with Gasteiger partial charge in [-0.3, -0.25) is 14.3 Å². The molecule has 3 heterocycles. The summed E-state index contributed by atoms with van der Waals surface area (Å²) < 4.78 is 6.30. The summed E-state index contributed by atoms with van der Waals surface area (Å²) in [5.74, 6) is -0.0242. The summed E-state index contributed by atoms with van der Waals surface area (Å²) in [6.45, 7) is 1.17. The van der Waals surface area contributed by atoms with Gasteiger partial charge in [0.2, 0.25) is 5.91 Å². The predicted octanol–water partition coefficient (Wildman–Crippen LogP) is 1.11. The second-order valence-corrected chi connectivity index (χ2v) is 6.07. The minimum absolute atomic E-state index is 0.0114. The topological polar surface area (TPSA) is 97.0 Å². The van der Waals surface area contributed by atoms with Gasteiger partial charge in [-0.2, -0.15) is 5.10 Å². The Kier molecular flexibility index (Phi) is 3.93. The summed E-state index contributed by atoms with van der Waals surface area (Å²) in [5, 5.41) is 8.18. The van der Waals surface area contributed by atoms with E-state index >= 15 is 0 Å². The lowest BCUT2D eigenvalue weighted by Gasteiger charge is -2.15. The summed E-state index contributed by atoms with van der Waals surface area (Å²) in [7, 11) is 0. The van der Waals surface area contributed by atoms with Crippen molar-refractivity contribution in [1.29, 1.82) is 0 Å². The SMILES string of the molecule is O=C(Cc1ccn(-c2ccccc2)n1)N1CCC(c2noc(=O)[nH]2)C1. The van der Waals surface area contributed by atoms with Crippen LogP contribution in [-0.2, 0) is 11.2 Å². The van der Waals surface area contributed by atoms with Gasteiger partial charge in [0.1, 0.15) is 0 Å². The lowest BCUT2D eigenvalue weighted by molar-refractivity contribution is -0.129. The molecular formula is C17H17N5O3. The van der Waals surface area contributed by atoms with E-state index in [9.17, 15) is 9.59 Å². The smallest absolute Gasteiger partial charge is 0.342 e. The Labute approximate surface area is 143 Å². The van der Waals surface area contributed by atoms with E-state index in [0.29, 0.717) is 18.9 Å². The first kappa shape index (κ1) is 15.4. The molecule has 1 amide bonds. The number of aromatic nitrogens is 4. The molecule has 0 spiro atoms. The maximum Gasteiger partial charge on any atom is 0.438 e. The maximum atomic E-state index is 12.5. The molecule has 1 aliphatic heterocycles. The van der Waals surface area contributed by atoms with Crippen LogP contribution in [0.4, 0.5) is 0 Å². The average molecular weight is 339 g/mol. The van der Waals surface area contributed by atoms with E-state index in [1.54, 1.807) is 9.58 Å². The van der Waals surface area contributed by atoms with Gasteiger partial charge in [-0.25, -0.2) is 9.48 Å². The van der Waals surface area contributed by atoms with E-state index in [1.165, 1.54) is 0 Å². The maximum absolute atomic E-state index is 12.5. The van der Waals surface area contributed by atoms with Crippen LogP contribution < -0.4 is 5.76 Å². The third-order valence-electron chi connectivity index (χ3n) is 4.38. The Balaban J connectivity index is 1.40. The van der Waals surface area contributed by atoms with E-state index in [2.05, 4.69) is 19.8 Å². The second-order valence-electron chi connectivity index (χ2n) is 6.07. The molecule has 0 bridgehead atoms. The summed E-state index contributed by atoms with van der Waals surface area (Å²) in [4.78, 5) is 27.9. The number of likely N-dealkylation sites (tertiary alicyclic amines) is 1. The van der Waals surface area contributed by atoms with Crippen molar-refractivity contribution in [2.75, 3.05) is 13.1 Å². The molecule has 8 heteroatoms. The number of H-pyrrole nitrogens is 1. The molecule has 1 fully saturated rings. The fourth-order valence-electron chi connectivity index (χ4n) is 3.07. The van der Waals surface area contributed by atoms with Crippen LogP contribution in [0.2, 0.25) is 0 Å². The van der Waals surface area contributed by atoms with Crippen molar-refractivity contribution in [1.82, 2.24) is 24.8 Å². The zero-order chi connectivity index (χ0) is 17.2. The molecule has 1 aromatic carbocycles. The molecule has 25 heavy (non-hydrogen) atoms. The predicted molar refractivity (Wildman–Crippen MR) is 88.3 cm³/mol. The highest BCUT2D eigenvalue weighted by Crippen LogP contribution is 2.24. The van der Waals surface area contributed by atoms with E-state index in [4.69, 9.17) is 0 Å². The van der Waals surface area contributed by atoms with E-state index < -0.39 is 5.76 Å². The van der Waals surface area contributed by atoms with Gasteiger partial charge in [0, 0.05) is 25.2 Å². The molecular weight excluding hydrogens is 322 g/mol. The lowest BCUT2D eigenvalue weighted by atomic mass is 10.1. The lowest BCUT2D eigenvalue weighted by Crippen LogP contribution is -2.30. The van der Waals surface area contributed by atoms with Crippen molar-refractivity contribution >= 4 is 5.91 Å². The summed E-state index contributed by atoms with van der Waals surface area (Å²) >= 11 is 0. The van der Waals surface area contributed by atoms with Crippen LogP contribution in [0.15, 0.2) is 51.9 Å². The fraction of sp³-hybridized carbons (Fsp3) is 0.294. The van der Waals surface area contributed by atoms with Gasteiger partial charge < -0.3 is 4.90 Å². The third kappa shape index (κ3) is 3.23. The molecule has 2 aromatic heterocycles. The molecule has 128 valence electrons. The molecule has 8 nitrogen and oxygen atoms in total. The van der Waals surface area contributed by atoms with Crippen LogP contribution in [0.3, 0.4) is 0 Å².